The molecule has 1 saturated heterocycles. The lowest BCUT2D eigenvalue weighted by atomic mass is 10.0. The van der Waals surface area contributed by atoms with Gasteiger partial charge in [0.2, 0.25) is 0 Å². The first-order valence-electron chi connectivity index (χ1n) is 11.9. The maximum atomic E-state index is 5.81. The van der Waals surface area contributed by atoms with Crippen molar-refractivity contribution < 1.29 is 4.42 Å². The minimum Gasteiger partial charge on any atom is -0.464 e. The summed E-state index contributed by atoms with van der Waals surface area (Å²) < 4.78 is 5.81. The molecule has 0 amide bonds. The number of nitrogens with zero attached hydrogens (tertiary/aromatic N) is 5. The Balaban J connectivity index is 1.11. The van der Waals surface area contributed by atoms with Crippen LogP contribution in [0.3, 0.4) is 0 Å². The van der Waals surface area contributed by atoms with Gasteiger partial charge in [-0.15, -0.1) is 0 Å². The van der Waals surface area contributed by atoms with Gasteiger partial charge in [-0.2, -0.15) is 0 Å². The first-order valence-corrected chi connectivity index (χ1v) is 11.9. The number of aryl methyl sites for hydroxylation is 1. The zero-order chi connectivity index (χ0) is 22.5. The van der Waals surface area contributed by atoms with Gasteiger partial charge >= 0.3 is 0 Å². The third-order valence-corrected chi connectivity index (χ3v) is 6.66. The van der Waals surface area contributed by atoms with Crippen molar-refractivity contribution in [3.05, 3.63) is 78.8 Å². The maximum Gasteiger partial charge on any atom is 0.134 e. The van der Waals surface area contributed by atoms with E-state index in [2.05, 4.69) is 55.9 Å². The SMILES string of the molecule is C[C@@H](CN1CCN(CCCc2coc3ccc(-c4cncnc4)cc23)CC1)c1ccccn1. The Morgan fingerprint density at radius 1 is 0.970 bits per heavy atom. The number of hydrogen-bond acceptors (Lipinski definition) is 6. The van der Waals surface area contributed by atoms with E-state index in [4.69, 9.17) is 4.42 Å². The molecule has 1 aliphatic rings. The molecule has 33 heavy (non-hydrogen) atoms. The molecule has 0 N–H and O–H groups in total. The third kappa shape index (κ3) is 5.29. The van der Waals surface area contributed by atoms with Gasteiger partial charge in [0, 0.05) is 73.9 Å². The number of benzene rings is 1. The first-order chi connectivity index (χ1) is 16.3. The second-order valence-electron chi connectivity index (χ2n) is 9.00. The summed E-state index contributed by atoms with van der Waals surface area (Å²) in [6.07, 6.45) is 11.2. The van der Waals surface area contributed by atoms with Gasteiger partial charge in [-0.25, -0.2) is 9.97 Å². The average Bonchev–Trinajstić information content (AvgIpc) is 3.28. The highest BCUT2D eigenvalue weighted by atomic mass is 16.3. The summed E-state index contributed by atoms with van der Waals surface area (Å²) in [6.45, 7) is 9.03. The second kappa shape index (κ2) is 10.2. The lowest BCUT2D eigenvalue weighted by Crippen LogP contribution is -2.47. The molecule has 0 spiro atoms. The van der Waals surface area contributed by atoms with Gasteiger partial charge in [0.1, 0.15) is 11.9 Å². The Morgan fingerprint density at radius 2 is 1.79 bits per heavy atom. The number of fused-ring (bicyclic) bond motifs is 1. The highest BCUT2D eigenvalue weighted by Crippen LogP contribution is 2.28. The summed E-state index contributed by atoms with van der Waals surface area (Å²) in [7, 11) is 0. The van der Waals surface area contributed by atoms with Crippen LogP contribution < -0.4 is 0 Å². The number of hydrogen-bond donors (Lipinski definition) is 0. The largest absolute Gasteiger partial charge is 0.464 e. The topological polar surface area (TPSA) is 58.3 Å². The van der Waals surface area contributed by atoms with Crippen molar-refractivity contribution in [3.63, 3.8) is 0 Å². The molecule has 5 rings (SSSR count). The highest BCUT2D eigenvalue weighted by Gasteiger charge is 2.19. The molecule has 1 atom stereocenters. The Hall–Kier alpha value is -3.09. The molecule has 6 heteroatoms. The molecule has 0 saturated carbocycles. The molecule has 1 aromatic carbocycles. The molecule has 0 unspecified atom stereocenters. The summed E-state index contributed by atoms with van der Waals surface area (Å²) >= 11 is 0. The van der Waals surface area contributed by atoms with Gasteiger partial charge in [-0.1, -0.05) is 19.1 Å². The number of pyridine rings is 1. The molecule has 0 aliphatic carbocycles. The van der Waals surface area contributed by atoms with Crippen molar-refractivity contribution in [2.24, 2.45) is 0 Å². The molecule has 6 nitrogen and oxygen atoms in total. The fraction of sp³-hybridized carbons (Fsp3) is 0.370. The third-order valence-electron chi connectivity index (χ3n) is 6.66. The summed E-state index contributed by atoms with van der Waals surface area (Å²) in [5.41, 5.74) is 5.58. The lowest BCUT2D eigenvalue weighted by molar-refractivity contribution is 0.127. The second-order valence-corrected chi connectivity index (χ2v) is 9.00. The van der Waals surface area contributed by atoms with Crippen LogP contribution in [0.1, 0.15) is 30.5 Å². The monoisotopic (exact) mass is 441 g/mol. The van der Waals surface area contributed by atoms with Crippen LogP contribution >= 0.6 is 0 Å². The van der Waals surface area contributed by atoms with Gasteiger partial charge in [0.25, 0.3) is 0 Å². The molecule has 0 bridgehead atoms. The van der Waals surface area contributed by atoms with Gasteiger partial charge in [0.15, 0.2) is 0 Å². The quantitative estimate of drug-likeness (QED) is 0.397. The van der Waals surface area contributed by atoms with Crippen molar-refractivity contribution in [1.29, 1.82) is 0 Å². The van der Waals surface area contributed by atoms with Crippen LogP contribution in [0.2, 0.25) is 0 Å². The van der Waals surface area contributed by atoms with Gasteiger partial charge in [-0.3, -0.25) is 4.98 Å². The number of rotatable bonds is 8. The van der Waals surface area contributed by atoms with Crippen LogP contribution in [0.5, 0.6) is 0 Å². The van der Waals surface area contributed by atoms with Crippen LogP contribution in [0.15, 0.2) is 72.0 Å². The van der Waals surface area contributed by atoms with E-state index in [1.165, 1.54) is 16.6 Å². The van der Waals surface area contributed by atoms with E-state index in [9.17, 15) is 0 Å². The minimum absolute atomic E-state index is 0.472. The molecule has 1 fully saturated rings. The van der Waals surface area contributed by atoms with Crippen LogP contribution in [0.25, 0.3) is 22.1 Å². The smallest absolute Gasteiger partial charge is 0.134 e. The van der Waals surface area contributed by atoms with E-state index in [0.717, 1.165) is 68.8 Å². The summed E-state index contributed by atoms with van der Waals surface area (Å²) in [5.74, 6) is 0.472. The van der Waals surface area contributed by atoms with Crippen LogP contribution in [0, 0.1) is 0 Å². The molecule has 0 radical (unpaired) electrons. The van der Waals surface area contributed by atoms with Gasteiger partial charge in [-0.05, 0) is 54.8 Å². The molecular weight excluding hydrogens is 410 g/mol. The van der Waals surface area contributed by atoms with Crippen LogP contribution in [-0.2, 0) is 6.42 Å². The van der Waals surface area contributed by atoms with E-state index in [1.807, 2.05) is 37.0 Å². The van der Waals surface area contributed by atoms with Crippen LogP contribution in [-0.4, -0.2) is 64.0 Å². The van der Waals surface area contributed by atoms with Crippen molar-refractivity contribution >= 4 is 11.0 Å². The molecule has 170 valence electrons. The summed E-state index contributed by atoms with van der Waals surface area (Å²) in [5, 5.41) is 1.20. The Kier molecular flexibility index (Phi) is 6.74. The zero-order valence-electron chi connectivity index (χ0n) is 19.2. The highest BCUT2D eigenvalue weighted by molar-refractivity contribution is 5.86. The Bertz CT molecular complexity index is 1150. The fourth-order valence-corrected chi connectivity index (χ4v) is 4.74. The molecule has 3 aromatic heterocycles. The van der Waals surface area contributed by atoms with Crippen molar-refractivity contribution in [3.8, 4) is 11.1 Å². The minimum atomic E-state index is 0.472. The number of aromatic nitrogens is 3. The number of furan rings is 1. The molecular formula is C27H31N5O. The van der Waals surface area contributed by atoms with Gasteiger partial charge in [0.05, 0.1) is 6.26 Å². The average molecular weight is 442 g/mol. The normalized spacial score (nSPS) is 16.3. The maximum absolute atomic E-state index is 5.81. The molecule has 4 aromatic rings. The van der Waals surface area contributed by atoms with E-state index < -0.39 is 0 Å². The molecule has 4 heterocycles. The van der Waals surface area contributed by atoms with Crippen molar-refractivity contribution in [1.82, 2.24) is 24.8 Å². The standard InChI is InChI=1S/C27H31N5O/c1-21(26-6-2-3-9-30-26)18-32-13-11-31(12-14-32)10-4-5-23-19-33-27-8-7-22(15-25(23)27)24-16-28-20-29-17-24/h2-3,6-9,15-17,19-21H,4-5,10-14,18H2,1H3/t21-/m0/s1. The van der Waals surface area contributed by atoms with E-state index in [-0.39, 0.29) is 0 Å². The van der Waals surface area contributed by atoms with Gasteiger partial charge < -0.3 is 14.2 Å². The summed E-state index contributed by atoms with van der Waals surface area (Å²) in [4.78, 5) is 18.0. The Morgan fingerprint density at radius 3 is 2.58 bits per heavy atom. The summed E-state index contributed by atoms with van der Waals surface area (Å²) in [6, 6.07) is 12.5. The predicted octanol–water partition coefficient (Wildman–Crippen LogP) is 4.64. The van der Waals surface area contributed by atoms with E-state index in [0.29, 0.717) is 5.92 Å². The van der Waals surface area contributed by atoms with E-state index in [1.54, 1.807) is 6.33 Å². The van der Waals surface area contributed by atoms with Crippen molar-refractivity contribution in [2.75, 3.05) is 39.3 Å². The van der Waals surface area contributed by atoms with Crippen LogP contribution in [0.4, 0.5) is 0 Å². The number of piperazine rings is 1. The van der Waals surface area contributed by atoms with Crippen molar-refractivity contribution in [2.45, 2.75) is 25.7 Å². The van der Waals surface area contributed by atoms with E-state index >= 15 is 0 Å². The zero-order valence-corrected chi connectivity index (χ0v) is 19.2. The lowest BCUT2D eigenvalue weighted by Gasteiger charge is -2.35. The predicted molar refractivity (Wildman–Crippen MR) is 131 cm³/mol. The first kappa shape index (κ1) is 21.7. The molecule has 1 aliphatic heterocycles. The fourth-order valence-electron chi connectivity index (χ4n) is 4.74. The Labute approximate surface area is 195 Å².